The molecule has 0 aliphatic heterocycles. The molecule has 0 rings (SSSR count). The van der Waals surface area contributed by atoms with E-state index in [9.17, 15) is 4.79 Å². The summed E-state index contributed by atoms with van der Waals surface area (Å²) >= 11 is 1.70. The monoisotopic (exact) mass is 178 g/mol. The first kappa shape index (κ1) is 10.6. The third kappa shape index (κ3) is 6.00. The van der Waals surface area contributed by atoms with Gasteiger partial charge in [-0.3, -0.25) is 4.84 Å². The maximum Gasteiger partial charge on any atom is 0.338 e. The summed E-state index contributed by atoms with van der Waals surface area (Å²) in [4.78, 5) is 15.1. The maximum absolute atomic E-state index is 10.7. The maximum atomic E-state index is 10.7. The average Bonchev–Trinajstić information content (AvgIpc) is 2.01. The van der Waals surface area contributed by atoms with Crippen LogP contribution in [-0.4, -0.2) is 31.2 Å². The second kappa shape index (κ2) is 6.30. The molecule has 1 unspecified atom stereocenters. The molecule has 0 saturated heterocycles. The van der Waals surface area contributed by atoms with Gasteiger partial charge in [0.05, 0.1) is 7.11 Å². The number of hydrogen-bond donors (Lipinski definition) is 2. The first-order valence-electron chi connectivity index (χ1n) is 3.30. The standard InChI is InChI=1S/C6H14N2O2S/c1-5(11-3)4-7-6(9)8-10-2/h5H,4H2,1-3H3,(H2,7,8,9). The van der Waals surface area contributed by atoms with Crippen molar-refractivity contribution < 1.29 is 9.63 Å². The lowest BCUT2D eigenvalue weighted by Gasteiger charge is -2.09. The zero-order valence-electron chi connectivity index (χ0n) is 7.01. The molecule has 5 heteroatoms. The fraction of sp³-hybridized carbons (Fsp3) is 0.833. The molecule has 66 valence electrons. The van der Waals surface area contributed by atoms with Crippen LogP contribution >= 0.6 is 11.8 Å². The van der Waals surface area contributed by atoms with E-state index in [1.165, 1.54) is 7.11 Å². The number of hydrogen-bond acceptors (Lipinski definition) is 3. The first-order valence-corrected chi connectivity index (χ1v) is 4.59. The van der Waals surface area contributed by atoms with Crippen molar-refractivity contribution in [3.8, 4) is 0 Å². The largest absolute Gasteiger partial charge is 0.338 e. The molecule has 0 aromatic carbocycles. The van der Waals surface area contributed by atoms with Crippen molar-refractivity contribution >= 4 is 17.8 Å². The van der Waals surface area contributed by atoms with Gasteiger partial charge < -0.3 is 5.32 Å². The van der Waals surface area contributed by atoms with Crippen molar-refractivity contribution in [1.82, 2.24) is 10.8 Å². The van der Waals surface area contributed by atoms with Crippen molar-refractivity contribution in [2.75, 3.05) is 19.9 Å². The molecule has 2 N–H and O–H groups in total. The summed E-state index contributed by atoms with van der Waals surface area (Å²) in [7, 11) is 1.40. The lowest BCUT2D eigenvalue weighted by Crippen LogP contribution is -2.37. The molecule has 0 aromatic heterocycles. The van der Waals surface area contributed by atoms with E-state index >= 15 is 0 Å². The van der Waals surface area contributed by atoms with E-state index in [0.717, 1.165) is 0 Å². The predicted molar refractivity (Wildman–Crippen MR) is 46.5 cm³/mol. The lowest BCUT2D eigenvalue weighted by atomic mass is 10.5. The van der Waals surface area contributed by atoms with Crippen molar-refractivity contribution in [1.29, 1.82) is 0 Å². The van der Waals surface area contributed by atoms with Crippen molar-refractivity contribution in [3.63, 3.8) is 0 Å². The van der Waals surface area contributed by atoms with Gasteiger partial charge in [-0.15, -0.1) is 0 Å². The van der Waals surface area contributed by atoms with Gasteiger partial charge in [-0.25, -0.2) is 10.3 Å². The Labute approximate surface area is 71.0 Å². The molecule has 0 aromatic rings. The van der Waals surface area contributed by atoms with Gasteiger partial charge in [0.2, 0.25) is 0 Å². The Hall–Kier alpha value is -0.420. The summed E-state index contributed by atoms with van der Waals surface area (Å²) in [6.45, 7) is 2.69. The van der Waals surface area contributed by atoms with Crippen LogP contribution in [0, 0.1) is 0 Å². The Morgan fingerprint density at radius 3 is 2.82 bits per heavy atom. The SMILES string of the molecule is CONC(=O)NCC(C)SC. The van der Waals surface area contributed by atoms with Gasteiger partial charge in [0, 0.05) is 11.8 Å². The van der Waals surface area contributed by atoms with Crippen LogP contribution in [0.15, 0.2) is 0 Å². The molecule has 0 aliphatic carbocycles. The lowest BCUT2D eigenvalue weighted by molar-refractivity contribution is 0.107. The molecule has 1 atom stereocenters. The number of hydroxylamine groups is 1. The normalized spacial score (nSPS) is 12.3. The Balaban J connectivity index is 3.30. The number of thioether (sulfide) groups is 1. The van der Waals surface area contributed by atoms with Crippen LogP contribution in [0.3, 0.4) is 0 Å². The minimum absolute atomic E-state index is 0.298. The number of carbonyl (C=O) groups excluding carboxylic acids is 1. The Morgan fingerprint density at radius 2 is 2.36 bits per heavy atom. The predicted octanol–water partition coefficient (Wildman–Crippen LogP) is 0.599. The number of carbonyl (C=O) groups is 1. The Kier molecular flexibility index (Phi) is 6.06. The van der Waals surface area contributed by atoms with Crippen molar-refractivity contribution in [3.05, 3.63) is 0 Å². The van der Waals surface area contributed by atoms with E-state index in [2.05, 4.69) is 15.6 Å². The molecular weight excluding hydrogens is 164 g/mol. The third-order valence-electron chi connectivity index (χ3n) is 1.15. The highest BCUT2D eigenvalue weighted by molar-refractivity contribution is 7.99. The fourth-order valence-electron chi connectivity index (χ4n) is 0.449. The summed E-state index contributed by atoms with van der Waals surface area (Å²) in [5.74, 6) is 0. The van der Waals surface area contributed by atoms with Crippen LogP contribution in [0.2, 0.25) is 0 Å². The second-order valence-corrected chi connectivity index (χ2v) is 3.34. The summed E-state index contributed by atoms with van der Waals surface area (Å²) in [5.41, 5.74) is 2.17. The minimum Gasteiger partial charge on any atom is -0.335 e. The topological polar surface area (TPSA) is 50.4 Å². The van der Waals surface area contributed by atoms with Crippen molar-refractivity contribution in [2.45, 2.75) is 12.2 Å². The minimum atomic E-state index is -0.298. The molecule has 0 fully saturated rings. The number of amides is 2. The zero-order valence-corrected chi connectivity index (χ0v) is 7.83. The third-order valence-corrected chi connectivity index (χ3v) is 2.12. The zero-order chi connectivity index (χ0) is 8.69. The van der Waals surface area contributed by atoms with Crippen LogP contribution in [0.1, 0.15) is 6.92 Å². The van der Waals surface area contributed by atoms with E-state index in [0.29, 0.717) is 11.8 Å². The second-order valence-electron chi connectivity index (χ2n) is 2.06. The number of rotatable bonds is 4. The molecular formula is C6H14N2O2S. The van der Waals surface area contributed by atoms with Gasteiger partial charge in [-0.2, -0.15) is 11.8 Å². The number of urea groups is 1. The molecule has 0 radical (unpaired) electrons. The van der Waals surface area contributed by atoms with Crippen LogP contribution in [0.5, 0.6) is 0 Å². The molecule has 11 heavy (non-hydrogen) atoms. The molecule has 4 nitrogen and oxygen atoms in total. The number of nitrogens with one attached hydrogen (secondary N) is 2. The molecule has 0 bridgehead atoms. The summed E-state index contributed by atoms with van der Waals surface area (Å²) in [5, 5.41) is 3.07. The average molecular weight is 178 g/mol. The van der Waals surface area contributed by atoms with Gasteiger partial charge in [-0.05, 0) is 6.26 Å². The highest BCUT2D eigenvalue weighted by atomic mass is 32.2. The molecule has 0 spiro atoms. The van der Waals surface area contributed by atoms with Crippen LogP contribution in [-0.2, 0) is 4.84 Å². The highest BCUT2D eigenvalue weighted by Crippen LogP contribution is 2.01. The Bertz CT molecular complexity index is 121. The van der Waals surface area contributed by atoms with E-state index < -0.39 is 0 Å². The van der Waals surface area contributed by atoms with Crippen LogP contribution in [0.4, 0.5) is 4.79 Å². The Morgan fingerprint density at radius 1 is 1.73 bits per heavy atom. The van der Waals surface area contributed by atoms with E-state index in [1.54, 1.807) is 11.8 Å². The van der Waals surface area contributed by atoms with E-state index in [1.807, 2.05) is 13.2 Å². The summed E-state index contributed by atoms with van der Waals surface area (Å²) in [6.07, 6.45) is 2.00. The molecule has 0 aliphatic rings. The summed E-state index contributed by atoms with van der Waals surface area (Å²) in [6, 6.07) is -0.298. The van der Waals surface area contributed by atoms with Crippen LogP contribution in [0.25, 0.3) is 0 Å². The van der Waals surface area contributed by atoms with Crippen LogP contribution < -0.4 is 10.8 Å². The molecule has 0 saturated carbocycles. The van der Waals surface area contributed by atoms with Gasteiger partial charge in [0.1, 0.15) is 0 Å². The van der Waals surface area contributed by atoms with Crippen molar-refractivity contribution in [2.24, 2.45) is 0 Å². The highest BCUT2D eigenvalue weighted by Gasteiger charge is 2.01. The molecule has 0 heterocycles. The smallest absolute Gasteiger partial charge is 0.335 e. The van der Waals surface area contributed by atoms with Gasteiger partial charge >= 0.3 is 6.03 Å². The summed E-state index contributed by atoms with van der Waals surface area (Å²) < 4.78 is 0. The van der Waals surface area contributed by atoms with Gasteiger partial charge in [0.15, 0.2) is 0 Å². The first-order chi connectivity index (χ1) is 5.20. The fourth-order valence-corrected chi connectivity index (χ4v) is 0.699. The van der Waals surface area contributed by atoms with E-state index in [-0.39, 0.29) is 6.03 Å². The van der Waals surface area contributed by atoms with E-state index in [4.69, 9.17) is 0 Å². The molecule has 2 amide bonds. The van der Waals surface area contributed by atoms with Gasteiger partial charge in [0.25, 0.3) is 0 Å². The van der Waals surface area contributed by atoms with Gasteiger partial charge in [-0.1, -0.05) is 6.92 Å². The quantitative estimate of drug-likeness (QED) is 0.620.